The van der Waals surface area contributed by atoms with E-state index in [1.54, 1.807) is 23.9 Å². The minimum Gasteiger partial charge on any atom is -0.373 e. The number of nitro groups is 1. The van der Waals surface area contributed by atoms with Crippen LogP contribution in [-0.4, -0.2) is 11.2 Å². The highest BCUT2D eigenvalue weighted by Crippen LogP contribution is 2.29. The van der Waals surface area contributed by atoms with Crippen molar-refractivity contribution in [2.24, 2.45) is 0 Å². The van der Waals surface area contributed by atoms with Gasteiger partial charge < -0.3 is 5.32 Å². The van der Waals surface area contributed by atoms with Crippen LogP contribution in [0, 0.1) is 17.0 Å². The van der Waals surface area contributed by atoms with E-state index < -0.39 is 0 Å². The second kappa shape index (κ2) is 6.63. The molecular formula is C16H18N2O2S. The smallest absolute Gasteiger partial charge is 0.292 e. The number of aryl methyl sites for hydroxylation is 1. The maximum Gasteiger partial charge on any atom is 0.292 e. The number of nitrogens with one attached hydrogen (secondary N) is 1. The van der Waals surface area contributed by atoms with Gasteiger partial charge in [0, 0.05) is 17.0 Å². The monoisotopic (exact) mass is 302 g/mol. The first-order valence-electron chi connectivity index (χ1n) is 6.67. The van der Waals surface area contributed by atoms with E-state index in [9.17, 15) is 10.1 Å². The van der Waals surface area contributed by atoms with E-state index in [-0.39, 0.29) is 16.7 Å². The van der Waals surface area contributed by atoms with Gasteiger partial charge in [-0.25, -0.2) is 0 Å². The molecule has 0 fully saturated rings. The first-order valence-corrected chi connectivity index (χ1v) is 7.89. The van der Waals surface area contributed by atoms with Gasteiger partial charge in [0.05, 0.1) is 4.92 Å². The van der Waals surface area contributed by atoms with Crippen LogP contribution >= 0.6 is 11.8 Å². The Hall–Kier alpha value is -2.01. The van der Waals surface area contributed by atoms with Crippen molar-refractivity contribution in [1.29, 1.82) is 0 Å². The summed E-state index contributed by atoms with van der Waals surface area (Å²) in [7, 11) is 0. The molecule has 0 saturated heterocycles. The minimum atomic E-state index is -0.356. The van der Waals surface area contributed by atoms with E-state index in [2.05, 4.69) is 17.4 Å². The Kier molecular flexibility index (Phi) is 4.85. The van der Waals surface area contributed by atoms with E-state index in [0.717, 1.165) is 11.1 Å². The summed E-state index contributed by atoms with van der Waals surface area (Å²) in [5.41, 5.74) is 2.76. The van der Waals surface area contributed by atoms with Crippen LogP contribution in [0.25, 0.3) is 0 Å². The third kappa shape index (κ3) is 3.76. The lowest BCUT2D eigenvalue weighted by Crippen LogP contribution is -2.08. The number of thioether (sulfide) groups is 1. The Morgan fingerprint density at radius 1 is 1.19 bits per heavy atom. The molecule has 0 bridgehead atoms. The fourth-order valence-electron chi connectivity index (χ4n) is 2.13. The fourth-order valence-corrected chi connectivity index (χ4v) is 2.54. The van der Waals surface area contributed by atoms with E-state index in [1.165, 1.54) is 4.90 Å². The molecule has 110 valence electrons. The summed E-state index contributed by atoms with van der Waals surface area (Å²) in [5.74, 6) is 0. The molecule has 2 rings (SSSR count). The molecule has 0 aromatic heterocycles. The van der Waals surface area contributed by atoms with Crippen LogP contribution in [0.5, 0.6) is 0 Å². The summed E-state index contributed by atoms with van der Waals surface area (Å²) >= 11 is 1.69. The Morgan fingerprint density at radius 2 is 1.86 bits per heavy atom. The quantitative estimate of drug-likeness (QED) is 0.490. The molecule has 0 radical (unpaired) electrons. The van der Waals surface area contributed by atoms with Crippen molar-refractivity contribution in [2.75, 3.05) is 11.6 Å². The molecule has 1 N–H and O–H groups in total. The maximum atomic E-state index is 11.1. The van der Waals surface area contributed by atoms with Crippen molar-refractivity contribution in [3.05, 3.63) is 63.7 Å². The molecule has 2 aromatic carbocycles. The summed E-state index contributed by atoms with van der Waals surface area (Å²) < 4.78 is 0. The SMILES string of the molecule is CSc1ccc(C(C)Nc2cc(C)ccc2[N+](=O)[O-])cc1. The maximum absolute atomic E-state index is 11.1. The third-order valence-corrected chi connectivity index (χ3v) is 4.08. The van der Waals surface area contributed by atoms with E-state index in [1.807, 2.05) is 38.3 Å². The number of hydrogen-bond acceptors (Lipinski definition) is 4. The van der Waals surface area contributed by atoms with Gasteiger partial charge in [0.2, 0.25) is 0 Å². The first kappa shape index (κ1) is 15.4. The molecule has 0 saturated carbocycles. The molecule has 1 atom stereocenters. The van der Waals surface area contributed by atoms with Crippen molar-refractivity contribution < 1.29 is 4.92 Å². The van der Waals surface area contributed by atoms with Gasteiger partial charge in [0.15, 0.2) is 0 Å². The van der Waals surface area contributed by atoms with Crippen LogP contribution in [0.2, 0.25) is 0 Å². The van der Waals surface area contributed by atoms with Crippen LogP contribution in [0.3, 0.4) is 0 Å². The highest BCUT2D eigenvalue weighted by Gasteiger charge is 2.16. The fraction of sp³-hybridized carbons (Fsp3) is 0.250. The number of rotatable bonds is 5. The molecule has 2 aromatic rings. The third-order valence-electron chi connectivity index (χ3n) is 3.34. The molecule has 0 aliphatic carbocycles. The number of anilines is 1. The number of benzene rings is 2. The van der Waals surface area contributed by atoms with Gasteiger partial charge in [-0.05, 0) is 49.4 Å². The summed E-state index contributed by atoms with van der Waals surface area (Å²) in [4.78, 5) is 11.9. The molecule has 0 spiro atoms. The summed E-state index contributed by atoms with van der Waals surface area (Å²) in [6.45, 7) is 3.92. The predicted octanol–water partition coefficient (Wildman–Crippen LogP) is 4.80. The zero-order valence-corrected chi connectivity index (χ0v) is 13.1. The Bertz CT molecular complexity index is 641. The summed E-state index contributed by atoms with van der Waals surface area (Å²) in [5, 5.41) is 14.3. The largest absolute Gasteiger partial charge is 0.373 e. The molecule has 0 amide bonds. The van der Waals surface area contributed by atoms with Gasteiger partial charge in [-0.1, -0.05) is 18.2 Å². The normalized spacial score (nSPS) is 12.0. The molecule has 1 unspecified atom stereocenters. The molecular weight excluding hydrogens is 284 g/mol. The zero-order chi connectivity index (χ0) is 15.4. The van der Waals surface area contributed by atoms with E-state index >= 15 is 0 Å². The first-order chi connectivity index (χ1) is 10.0. The van der Waals surface area contributed by atoms with Crippen LogP contribution in [0.4, 0.5) is 11.4 Å². The van der Waals surface area contributed by atoms with E-state index in [4.69, 9.17) is 0 Å². The van der Waals surface area contributed by atoms with Gasteiger partial charge in [0.1, 0.15) is 5.69 Å². The zero-order valence-electron chi connectivity index (χ0n) is 12.3. The molecule has 0 aliphatic rings. The van der Waals surface area contributed by atoms with Crippen molar-refractivity contribution in [3.63, 3.8) is 0 Å². The lowest BCUT2D eigenvalue weighted by molar-refractivity contribution is -0.384. The predicted molar refractivity (Wildman–Crippen MR) is 88.1 cm³/mol. The van der Waals surface area contributed by atoms with Crippen molar-refractivity contribution in [2.45, 2.75) is 24.8 Å². The van der Waals surface area contributed by atoms with Crippen LogP contribution in [-0.2, 0) is 0 Å². The minimum absolute atomic E-state index is 0.00130. The van der Waals surface area contributed by atoms with Crippen molar-refractivity contribution >= 4 is 23.1 Å². The molecule has 0 heterocycles. The number of hydrogen-bond donors (Lipinski definition) is 1. The van der Waals surface area contributed by atoms with Crippen molar-refractivity contribution in [1.82, 2.24) is 0 Å². The lowest BCUT2D eigenvalue weighted by atomic mass is 10.1. The Morgan fingerprint density at radius 3 is 2.43 bits per heavy atom. The summed E-state index contributed by atoms with van der Waals surface area (Å²) in [6, 6.07) is 13.3. The van der Waals surface area contributed by atoms with Crippen molar-refractivity contribution in [3.8, 4) is 0 Å². The standard InChI is InChI=1S/C16H18N2O2S/c1-11-4-9-16(18(19)20)15(10-11)17-12(2)13-5-7-14(21-3)8-6-13/h4-10,12,17H,1-3H3. The average molecular weight is 302 g/mol. The Balaban J connectivity index is 2.24. The van der Waals surface area contributed by atoms with Crippen LogP contribution in [0.15, 0.2) is 47.4 Å². The summed E-state index contributed by atoms with van der Waals surface area (Å²) in [6.07, 6.45) is 2.03. The van der Waals surface area contributed by atoms with Crippen LogP contribution in [0.1, 0.15) is 24.1 Å². The van der Waals surface area contributed by atoms with Gasteiger partial charge >= 0.3 is 0 Å². The Labute approximate surface area is 128 Å². The van der Waals surface area contributed by atoms with E-state index in [0.29, 0.717) is 5.69 Å². The lowest BCUT2D eigenvalue weighted by Gasteiger charge is -2.16. The second-order valence-electron chi connectivity index (χ2n) is 4.92. The highest BCUT2D eigenvalue weighted by molar-refractivity contribution is 7.98. The molecule has 4 nitrogen and oxygen atoms in total. The van der Waals surface area contributed by atoms with Crippen LogP contribution < -0.4 is 5.32 Å². The number of nitrogens with zero attached hydrogens (tertiary/aromatic N) is 1. The second-order valence-corrected chi connectivity index (χ2v) is 5.80. The topological polar surface area (TPSA) is 55.2 Å². The highest BCUT2D eigenvalue weighted by atomic mass is 32.2. The van der Waals surface area contributed by atoms with Gasteiger partial charge in [-0.15, -0.1) is 11.8 Å². The average Bonchev–Trinajstić information content (AvgIpc) is 2.47. The van der Waals surface area contributed by atoms with Gasteiger partial charge in [0.25, 0.3) is 5.69 Å². The van der Waals surface area contributed by atoms with Gasteiger partial charge in [-0.3, -0.25) is 10.1 Å². The molecule has 21 heavy (non-hydrogen) atoms. The number of nitro benzene ring substituents is 1. The van der Waals surface area contributed by atoms with Gasteiger partial charge in [-0.2, -0.15) is 0 Å². The molecule has 5 heteroatoms. The molecule has 0 aliphatic heterocycles.